The number of carbonyl (C=O) groups is 1. The summed E-state index contributed by atoms with van der Waals surface area (Å²) in [5.74, 6) is 0.785. The minimum atomic E-state index is 0.00807. The van der Waals surface area contributed by atoms with Crippen molar-refractivity contribution >= 4 is 5.91 Å². The van der Waals surface area contributed by atoms with Crippen LogP contribution in [0.25, 0.3) is 0 Å². The number of hydrogen-bond acceptors (Lipinski definition) is 2. The Morgan fingerprint density at radius 1 is 1.10 bits per heavy atom. The Bertz CT molecular complexity index is 455. The molecule has 0 aromatic heterocycles. The van der Waals surface area contributed by atoms with Gasteiger partial charge in [-0.15, -0.1) is 0 Å². The number of nitrogens with two attached hydrogens (primary N) is 1. The normalized spacial score (nSPS) is 27.9. The van der Waals surface area contributed by atoms with Gasteiger partial charge in [0.25, 0.3) is 0 Å². The van der Waals surface area contributed by atoms with Crippen LogP contribution < -0.4 is 11.1 Å². The first-order valence-corrected chi connectivity index (χ1v) is 7.86. The lowest BCUT2D eigenvalue weighted by molar-refractivity contribution is -0.127. The van der Waals surface area contributed by atoms with Gasteiger partial charge in [0.1, 0.15) is 0 Å². The maximum atomic E-state index is 12.5. The molecule has 20 heavy (non-hydrogen) atoms. The summed E-state index contributed by atoms with van der Waals surface area (Å²) in [7, 11) is 0. The Morgan fingerprint density at radius 2 is 1.80 bits per heavy atom. The molecular weight excluding hydrogens is 248 g/mol. The van der Waals surface area contributed by atoms with Gasteiger partial charge in [-0.25, -0.2) is 0 Å². The van der Waals surface area contributed by atoms with Crippen LogP contribution in [-0.2, 0) is 4.79 Å². The second-order valence-electron chi connectivity index (χ2n) is 6.29. The molecule has 3 rings (SSSR count). The smallest absolute Gasteiger partial charge is 0.225 e. The van der Waals surface area contributed by atoms with Gasteiger partial charge in [-0.05, 0) is 37.2 Å². The number of rotatable bonds is 4. The van der Waals surface area contributed by atoms with Crippen molar-refractivity contribution in [2.75, 3.05) is 0 Å². The molecule has 0 radical (unpaired) electrons. The van der Waals surface area contributed by atoms with Crippen molar-refractivity contribution in [3.8, 4) is 0 Å². The van der Waals surface area contributed by atoms with Gasteiger partial charge in [0, 0.05) is 6.04 Å². The zero-order valence-electron chi connectivity index (χ0n) is 11.9. The third kappa shape index (κ3) is 3.04. The lowest BCUT2D eigenvalue weighted by Gasteiger charge is -2.29. The molecule has 0 heterocycles. The van der Waals surface area contributed by atoms with Crippen molar-refractivity contribution in [2.45, 2.75) is 50.6 Å². The number of amides is 1. The standard InChI is InChI=1S/C17H24N2O/c18-15-9-5-4-8-14(15)17(20)19-16(13-10-11-13)12-6-2-1-3-7-12/h1-3,6-7,13-16H,4-5,8-11,18H2,(H,19,20). The molecule has 3 unspecified atom stereocenters. The summed E-state index contributed by atoms with van der Waals surface area (Å²) in [6.45, 7) is 0. The van der Waals surface area contributed by atoms with Crippen LogP contribution in [0.5, 0.6) is 0 Å². The first kappa shape index (κ1) is 13.6. The summed E-state index contributed by atoms with van der Waals surface area (Å²) in [6.07, 6.45) is 6.66. The van der Waals surface area contributed by atoms with E-state index >= 15 is 0 Å². The monoisotopic (exact) mass is 272 g/mol. The van der Waals surface area contributed by atoms with Gasteiger partial charge < -0.3 is 11.1 Å². The van der Waals surface area contributed by atoms with Crippen molar-refractivity contribution < 1.29 is 4.79 Å². The highest BCUT2D eigenvalue weighted by Crippen LogP contribution is 2.41. The van der Waals surface area contributed by atoms with Crippen LogP contribution in [0.15, 0.2) is 30.3 Å². The van der Waals surface area contributed by atoms with Crippen LogP contribution in [0.3, 0.4) is 0 Å². The highest BCUT2D eigenvalue weighted by molar-refractivity contribution is 5.80. The van der Waals surface area contributed by atoms with Gasteiger partial charge in [0.05, 0.1) is 12.0 Å². The molecule has 0 aliphatic heterocycles. The summed E-state index contributed by atoms with van der Waals surface area (Å²) >= 11 is 0. The van der Waals surface area contributed by atoms with Crippen LogP contribution >= 0.6 is 0 Å². The lowest BCUT2D eigenvalue weighted by Crippen LogP contribution is -2.45. The summed E-state index contributed by atoms with van der Waals surface area (Å²) in [6, 6.07) is 10.6. The molecule has 2 aliphatic rings. The molecule has 3 atom stereocenters. The third-order valence-corrected chi connectivity index (χ3v) is 4.71. The molecule has 1 amide bonds. The molecule has 3 heteroatoms. The van der Waals surface area contributed by atoms with Gasteiger partial charge in [-0.3, -0.25) is 4.79 Å². The Balaban J connectivity index is 1.69. The van der Waals surface area contributed by atoms with E-state index in [0.29, 0.717) is 5.92 Å². The molecule has 1 aromatic carbocycles. The number of hydrogen-bond donors (Lipinski definition) is 2. The molecule has 0 bridgehead atoms. The Kier molecular flexibility index (Phi) is 4.06. The maximum Gasteiger partial charge on any atom is 0.225 e. The minimum absolute atomic E-state index is 0.00807. The Labute approximate surface area is 120 Å². The van der Waals surface area contributed by atoms with E-state index in [1.807, 2.05) is 18.2 Å². The fourth-order valence-electron chi connectivity index (χ4n) is 3.31. The van der Waals surface area contributed by atoms with Crippen LogP contribution in [0.4, 0.5) is 0 Å². The van der Waals surface area contributed by atoms with Crippen LogP contribution in [0.1, 0.15) is 50.1 Å². The van der Waals surface area contributed by atoms with Gasteiger partial charge in [-0.2, -0.15) is 0 Å². The first-order chi connectivity index (χ1) is 9.75. The summed E-state index contributed by atoms with van der Waals surface area (Å²) in [5, 5.41) is 3.28. The molecule has 3 N–H and O–H groups in total. The highest BCUT2D eigenvalue weighted by Gasteiger charge is 2.36. The maximum absolute atomic E-state index is 12.5. The van der Waals surface area contributed by atoms with Gasteiger partial charge in [-0.1, -0.05) is 43.2 Å². The van der Waals surface area contributed by atoms with Crippen molar-refractivity contribution in [1.82, 2.24) is 5.32 Å². The van der Waals surface area contributed by atoms with E-state index < -0.39 is 0 Å². The second-order valence-corrected chi connectivity index (χ2v) is 6.29. The van der Waals surface area contributed by atoms with Gasteiger partial charge in [0.2, 0.25) is 5.91 Å². The van der Waals surface area contributed by atoms with E-state index in [9.17, 15) is 4.79 Å². The molecule has 2 fully saturated rings. The molecule has 2 aliphatic carbocycles. The summed E-state index contributed by atoms with van der Waals surface area (Å²) in [4.78, 5) is 12.5. The van der Waals surface area contributed by atoms with Crippen molar-refractivity contribution in [2.24, 2.45) is 17.6 Å². The minimum Gasteiger partial charge on any atom is -0.349 e. The van der Waals surface area contributed by atoms with Crippen LogP contribution in [-0.4, -0.2) is 11.9 Å². The molecular formula is C17H24N2O. The largest absolute Gasteiger partial charge is 0.349 e. The zero-order valence-corrected chi connectivity index (χ0v) is 11.9. The molecule has 0 spiro atoms. The topological polar surface area (TPSA) is 55.1 Å². The third-order valence-electron chi connectivity index (χ3n) is 4.71. The van der Waals surface area contributed by atoms with Gasteiger partial charge in [0.15, 0.2) is 0 Å². The van der Waals surface area contributed by atoms with E-state index in [1.54, 1.807) is 0 Å². The molecule has 108 valence electrons. The molecule has 0 saturated heterocycles. The van der Waals surface area contributed by atoms with E-state index in [-0.39, 0.29) is 23.9 Å². The van der Waals surface area contributed by atoms with E-state index in [0.717, 1.165) is 25.7 Å². The number of nitrogens with one attached hydrogen (secondary N) is 1. The average Bonchev–Trinajstić information content (AvgIpc) is 3.30. The summed E-state index contributed by atoms with van der Waals surface area (Å²) < 4.78 is 0. The van der Waals surface area contributed by atoms with Crippen molar-refractivity contribution in [3.05, 3.63) is 35.9 Å². The number of carbonyl (C=O) groups excluding carboxylic acids is 1. The predicted octanol–water partition coefficient (Wildman–Crippen LogP) is 2.77. The fourth-order valence-corrected chi connectivity index (χ4v) is 3.31. The quantitative estimate of drug-likeness (QED) is 0.885. The van der Waals surface area contributed by atoms with E-state index in [4.69, 9.17) is 5.73 Å². The Morgan fingerprint density at radius 3 is 2.45 bits per heavy atom. The van der Waals surface area contributed by atoms with E-state index in [1.165, 1.54) is 18.4 Å². The lowest BCUT2D eigenvalue weighted by atomic mass is 9.84. The van der Waals surface area contributed by atoms with Crippen molar-refractivity contribution in [3.63, 3.8) is 0 Å². The zero-order chi connectivity index (χ0) is 13.9. The fraction of sp³-hybridized carbons (Fsp3) is 0.588. The molecule has 3 nitrogen and oxygen atoms in total. The molecule has 1 aromatic rings. The van der Waals surface area contributed by atoms with Gasteiger partial charge >= 0.3 is 0 Å². The predicted molar refractivity (Wildman–Crippen MR) is 80.0 cm³/mol. The number of benzene rings is 1. The average molecular weight is 272 g/mol. The SMILES string of the molecule is NC1CCCCC1C(=O)NC(c1ccccc1)C1CC1. The second kappa shape index (κ2) is 5.96. The van der Waals surface area contributed by atoms with E-state index in [2.05, 4.69) is 17.4 Å². The first-order valence-electron chi connectivity index (χ1n) is 7.86. The van der Waals surface area contributed by atoms with Crippen molar-refractivity contribution in [1.29, 1.82) is 0 Å². The van der Waals surface area contributed by atoms with Crippen LogP contribution in [0.2, 0.25) is 0 Å². The highest BCUT2D eigenvalue weighted by atomic mass is 16.2. The Hall–Kier alpha value is -1.35. The van der Waals surface area contributed by atoms with Crippen LogP contribution in [0, 0.1) is 11.8 Å². The summed E-state index contributed by atoms with van der Waals surface area (Å²) in [5.41, 5.74) is 7.35. The molecule has 2 saturated carbocycles.